The maximum atomic E-state index is 11.7. The molecule has 0 aliphatic heterocycles. The zero-order valence-corrected chi connectivity index (χ0v) is 11.2. The number of thiazole rings is 1. The molecule has 0 spiro atoms. The van der Waals surface area contributed by atoms with Crippen LogP contribution >= 0.6 is 11.3 Å². The first-order valence-electron chi connectivity index (χ1n) is 5.73. The largest absolute Gasteiger partial charge is 0.352 e. The molecule has 96 valence electrons. The van der Waals surface area contributed by atoms with Crippen LogP contribution in [0.3, 0.4) is 0 Å². The second kappa shape index (κ2) is 6.56. The summed E-state index contributed by atoms with van der Waals surface area (Å²) in [7, 11) is 0. The summed E-state index contributed by atoms with van der Waals surface area (Å²) < 4.78 is 0. The van der Waals surface area contributed by atoms with Crippen LogP contribution in [0.15, 0.2) is 10.2 Å². The summed E-state index contributed by atoms with van der Waals surface area (Å²) in [6.07, 6.45) is 0.913. The Labute approximate surface area is 105 Å². The van der Waals surface area contributed by atoms with Crippen molar-refractivity contribution < 1.29 is 4.79 Å². The van der Waals surface area contributed by atoms with E-state index in [2.05, 4.69) is 15.6 Å². The molecule has 0 saturated heterocycles. The van der Waals surface area contributed by atoms with Crippen molar-refractivity contribution in [1.82, 2.24) is 15.6 Å². The van der Waals surface area contributed by atoms with Gasteiger partial charge in [-0.15, -0.1) is 0 Å². The van der Waals surface area contributed by atoms with Gasteiger partial charge in [0.15, 0.2) is 0 Å². The fourth-order valence-corrected chi connectivity index (χ4v) is 1.81. The first-order valence-corrected chi connectivity index (χ1v) is 6.61. The normalized spacial score (nSPS) is 14.3. The molecule has 2 atom stereocenters. The fourth-order valence-electron chi connectivity index (χ4n) is 1.23. The van der Waals surface area contributed by atoms with Gasteiger partial charge in [0.2, 0.25) is 5.91 Å². The number of nitrogens with one attached hydrogen (secondary N) is 3. The number of H-pyrrole nitrogens is 1. The Hall–Kier alpha value is -1.14. The summed E-state index contributed by atoms with van der Waals surface area (Å²) >= 11 is 1.13. The van der Waals surface area contributed by atoms with Crippen LogP contribution in [0.5, 0.6) is 0 Å². The smallest absolute Gasteiger partial charge is 0.304 e. The number of amides is 1. The van der Waals surface area contributed by atoms with Gasteiger partial charge in [0.05, 0.1) is 6.04 Å². The third-order valence-corrected chi connectivity index (χ3v) is 3.28. The van der Waals surface area contributed by atoms with Gasteiger partial charge < -0.3 is 15.6 Å². The summed E-state index contributed by atoms with van der Waals surface area (Å²) in [6.45, 7) is 6.30. The molecule has 5 nitrogen and oxygen atoms in total. The topological polar surface area (TPSA) is 74.0 Å². The molecule has 1 heterocycles. The van der Waals surface area contributed by atoms with E-state index in [1.165, 1.54) is 0 Å². The molecule has 17 heavy (non-hydrogen) atoms. The Kier molecular flexibility index (Phi) is 5.37. The Bertz CT molecular complexity index is 413. The van der Waals surface area contributed by atoms with Gasteiger partial charge in [0.1, 0.15) is 0 Å². The molecule has 0 aliphatic rings. The summed E-state index contributed by atoms with van der Waals surface area (Å²) in [4.78, 5) is 25.2. The SMILES string of the molecule is CCC(C)NC(=O)C(C)NCc1csc(=O)[nH]1. The van der Waals surface area contributed by atoms with Crippen molar-refractivity contribution in [1.29, 1.82) is 0 Å². The number of aromatic amines is 1. The van der Waals surface area contributed by atoms with Crippen LogP contribution in [-0.2, 0) is 11.3 Å². The Balaban J connectivity index is 2.36. The molecule has 1 aromatic rings. The highest BCUT2D eigenvalue weighted by atomic mass is 32.1. The second-order valence-electron chi connectivity index (χ2n) is 4.09. The van der Waals surface area contributed by atoms with E-state index < -0.39 is 0 Å². The minimum absolute atomic E-state index is 0.0167. The van der Waals surface area contributed by atoms with Crippen molar-refractivity contribution in [2.45, 2.75) is 45.8 Å². The molecule has 0 aromatic carbocycles. The van der Waals surface area contributed by atoms with Gasteiger partial charge in [-0.1, -0.05) is 18.3 Å². The van der Waals surface area contributed by atoms with Crippen molar-refractivity contribution in [3.8, 4) is 0 Å². The minimum atomic E-state index is -0.271. The molecule has 2 unspecified atom stereocenters. The highest BCUT2D eigenvalue weighted by Gasteiger charge is 2.13. The van der Waals surface area contributed by atoms with Crippen LogP contribution in [0.2, 0.25) is 0 Å². The molecular weight excluding hydrogens is 238 g/mol. The van der Waals surface area contributed by atoms with E-state index in [0.717, 1.165) is 23.5 Å². The van der Waals surface area contributed by atoms with Gasteiger partial charge in [-0.3, -0.25) is 9.59 Å². The molecule has 0 bridgehead atoms. The van der Waals surface area contributed by atoms with Gasteiger partial charge >= 0.3 is 4.87 Å². The second-order valence-corrected chi connectivity index (χ2v) is 4.94. The number of aromatic nitrogens is 1. The third kappa shape index (κ3) is 4.70. The first kappa shape index (κ1) is 13.9. The van der Waals surface area contributed by atoms with E-state index >= 15 is 0 Å². The fraction of sp³-hybridized carbons (Fsp3) is 0.636. The first-order chi connectivity index (χ1) is 8.02. The average Bonchev–Trinajstić information content (AvgIpc) is 2.71. The number of carbonyl (C=O) groups is 1. The van der Waals surface area contributed by atoms with Crippen molar-refractivity contribution in [3.63, 3.8) is 0 Å². The van der Waals surface area contributed by atoms with Crippen molar-refractivity contribution in [3.05, 3.63) is 20.7 Å². The lowest BCUT2D eigenvalue weighted by Gasteiger charge is -2.17. The third-order valence-electron chi connectivity index (χ3n) is 2.56. The summed E-state index contributed by atoms with van der Waals surface area (Å²) in [5.41, 5.74) is 0.809. The Morgan fingerprint density at radius 2 is 2.24 bits per heavy atom. The maximum absolute atomic E-state index is 11.7. The van der Waals surface area contributed by atoms with E-state index in [1.54, 1.807) is 5.38 Å². The number of rotatable bonds is 6. The maximum Gasteiger partial charge on any atom is 0.304 e. The molecule has 0 radical (unpaired) electrons. The zero-order chi connectivity index (χ0) is 12.8. The molecule has 0 fully saturated rings. The Morgan fingerprint density at radius 3 is 2.76 bits per heavy atom. The van der Waals surface area contributed by atoms with Crippen molar-refractivity contribution >= 4 is 17.2 Å². The quantitative estimate of drug-likeness (QED) is 0.706. The van der Waals surface area contributed by atoms with Crippen LogP contribution in [-0.4, -0.2) is 23.0 Å². The van der Waals surface area contributed by atoms with Gasteiger partial charge in [0.25, 0.3) is 0 Å². The molecule has 0 saturated carbocycles. The minimum Gasteiger partial charge on any atom is -0.352 e. The highest BCUT2D eigenvalue weighted by Crippen LogP contribution is 1.96. The van der Waals surface area contributed by atoms with Crippen LogP contribution < -0.4 is 15.5 Å². The van der Waals surface area contributed by atoms with Crippen molar-refractivity contribution in [2.75, 3.05) is 0 Å². The van der Waals surface area contributed by atoms with Gasteiger partial charge in [-0.05, 0) is 20.3 Å². The van der Waals surface area contributed by atoms with Crippen LogP contribution in [0, 0.1) is 0 Å². The van der Waals surface area contributed by atoms with Gasteiger partial charge in [0, 0.05) is 23.7 Å². The molecule has 6 heteroatoms. The molecule has 1 rings (SSSR count). The monoisotopic (exact) mass is 257 g/mol. The van der Waals surface area contributed by atoms with E-state index in [9.17, 15) is 9.59 Å². The summed E-state index contributed by atoms with van der Waals surface area (Å²) in [5.74, 6) is -0.0167. The van der Waals surface area contributed by atoms with Crippen LogP contribution in [0.25, 0.3) is 0 Å². The number of hydrogen-bond donors (Lipinski definition) is 3. The van der Waals surface area contributed by atoms with Gasteiger partial charge in [-0.25, -0.2) is 0 Å². The predicted molar refractivity (Wildman–Crippen MR) is 69.1 cm³/mol. The summed E-state index contributed by atoms with van der Waals surface area (Å²) in [6, 6.07) is -0.0832. The molecule has 1 amide bonds. The van der Waals surface area contributed by atoms with E-state index in [0.29, 0.717) is 6.54 Å². The zero-order valence-electron chi connectivity index (χ0n) is 10.4. The lowest BCUT2D eigenvalue weighted by molar-refractivity contribution is -0.123. The Morgan fingerprint density at radius 1 is 1.53 bits per heavy atom. The average molecular weight is 257 g/mol. The molecule has 1 aromatic heterocycles. The highest BCUT2D eigenvalue weighted by molar-refractivity contribution is 7.07. The standard InChI is InChI=1S/C11H19N3O2S/c1-4-7(2)13-10(15)8(3)12-5-9-6-17-11(16)14-9/h6-8,12H,4-5H2,1-3H3,(H,13,15)(H,14,16). The molecule has 3 N–H and O–H groups in total. The molecule has 0 aliphatic carbocycles. The summed E-state index contributed by atoms with van der Waals surface area (Å²) in [5, 5.41) is 7.72. The van der Waals surface area contributed by atoms with Crippen LogP contribution in [0.4, 0.5) is 0 Å². The predicted octanol–water partition coefficient (Wildman–Crippen LogP) is 0.829. The number of carbonyl (C=O) groups excluding carboxylic acids is 1. The lowest BCUT2D eigenvalue weighted by Crippen LogP contribution is -2.45. The van der Waals surface area contributed by atoms with E-state index in [-0.39, 0.29) is 22.9 Å². The van der Waals surface area contributed by atoms with E-state index in [4.69, 9.17) is 0 Å². The van der Waals surface area contributed by atoms with E-state index in [1.807, 2.05) is 20.8 Å². The van der Waals surface area contributed by atoms with Gasteiger partial charge in [-0.2, -0.15) is 0 Å². The lowest BCUT2D eigenvalue weighted by atomic mass is 10.2. The molecular formula is C11H19N3O2S. The van der Waals surface area contributed by atoms with Crippen molar-refractivity contribution in [2.24, 2.45) is 0 Å². The van der Waals surface area contributed by atoms with Crippen LogP contribution in [0.1, 0.15) is 32.9 Å². The number of hydrogen-bond acceptors (Lipinski definition) is 4.